The first-order valence-electron chi connectivity index (χ1n) is 7.34. The summed E-state index contributed by atoms with van der Waals surface area (Å²) in [7, 11) is 0. The Morgan fingerprint density at radius 3 is 2.71 bits per heavy atom. The van der Waals surface area contributed by atoms with Gasteiger partial charge in [0.05, 0.1) is 16.9 Å². The van der Waals surface area contributed by atoms with Crippen molar-refractivity contribution < 1.29 is 4.39 Å². The Bertz CT molecular complexity index is 1060. The summed E-state index contributed by atoms with van der Waals surface area (Å²) in [5.41, 5.74) is 4.37. The van der Waals surface area contributed by atoms with Crippen LogP contribution in [0.2, 0.25) is 5.02 Å². The van der Waals surface area contributed by atoms with Crippen LogP contribution in [-0.4, -0.2) is 19.7 Å². The van der Waals surface area contributed by atoms with Gasteiger partial charge in [-0.05, 0) is 48.4 Å². The summed E-state index contributed by atoms with van der Waals surface area (Å²) < 4.78 is 14.9. The molecular formula is C18H12ClFN4. The van der Waals surface area contributed by atoms with Crippen molar-refractivity contribution in [3.8, 4) is 16.8 Å². The highest BCUT2D eigenvalue weighted by molar-refractivity contribution is 6.32. The van der Waals surface area contributed by atoms with E-state index in [-0.39, 0.29) is 10.8 Å². The maximum Gasteiger partial charge on any atom is 0.163 e. The van der Waals surface area contributed by atoms with Gasteiger partial charge in [-0.25, -0.2) is 14.1 Å². The number of rotatable bonds is 2. The van der Waals surface area contributed by atoms with Crippen LogP contribution in [0.3, 0.4) is 0 Å². The lowest BCUT2D eigenvalue weighted by atomic mass is 10.0. The van der Waals surface area contributed by atoms with Gasteiger partial charge in [0.15, 0.2) is 5.65 Å². The molecule has 0 bridgehead atoms. The number of halogens is 2. The molecule has 0 radical (unpaired) electrons. The second-order valence-electron chi connectivity index (χ2n) is 5.44. The number of hydrogen-bond acceptors (Lipinski definition) is 3. The number of fused-ring (bicyclic) bond motifs is 1. The first-order chi connectivity index (χ1) is 11.6. The SMILES string of the molecule is Cc1ccncc1-c1ccnc2c1cnn2-c1ccc(F)cc1Cl. The lowest BCUT2D eigenvalue weighted by Crippen LogP contribution is -1.99. The Hall–Kier alpha value is -2.79. The second kappa shape index (κ2) is 5.69. The molecule has 0 aliphatic carbocycles. The zero-order valence-corrected chi connectivity index (χ0v) is 13.5. The Kier molecular flexibility index (Phi) is 3.50. The molecule has 4 aromatic rings. The van der Waals surface area contributed by atoms with Gasteiger partial charge in [0.25, 0.3) is 0 Å². The Morgan fingerprint density at radius 2 is 1.92 bits per heavy atom. The van der Waals surface area contributed by atoms with E-state index in [4.69, 9.17) is 11.6 Å². The fourth-order valence-corrected chi connectivity index (χ4v) is 2.99. The molecule has 0 unspecified atom stereocenters. The smallest absolute Gasteiger partial charge is 0.163 e. The summed E-state index contributed by atoms with van der Waals surface area (Å²) in [6, 6.07) is 8.10. The van der Waals surface area contributed by atoms with Crippen LogP contribution < -0.4 is 0 Å². The minimum atomic E-state index is -0.389. The van der Waals surface area contributed by atoms with Crippen LogP contribution in [0.1, 0.15) is 5.56 Å². The third kappa shape index (κ3) is 2.34. The van der Waals surface area contributed by atoms with Crippen LogP contribution in [0.4, 0.5) is 4.39 Å². The molecule has 24 heavy (non-hydrogen) atoms. The van der Waals surface area contributed by atoms with Crippen molar-refractivity contribution in [2.45, 2.75) is 6.92 Å². The van der Waals surface area contributed by atoms with E-state index in [1.54, 1.807) is 29.3 Å². The van der Waals surface area contributed by atoms with E-state index in [9.17, 15) is 4.39 Å². The molecular weight excluding hydrogens is 327 g/mol. The quantitative estimate of drug-likeness (QED) is 0.537. The minimum Gasteiger partial charge on any atom is -0.264 e. The topological polar surface area (TPSA) is 43.6 Å². The van der Waals surface area contributed by atoms with Gasteiger partial charge in [0.1, 0.15) is 5.82 Å². The summed E-state index contributed by atoms with van der Waals surface area (Å²) in [6.07, 6.45) is 7.05. The molecule has 1 aromatic carbocycles. The summed E-state index contributed by atoms with van der Waals surface area (Å²) >= 11 is 6.16. The second-order valence-corrected chi connectivity index (χ2v) is 5.85. The van der Waals surface area contributed by atoms with Gasteiger partial charge < -0.3 is 0 Å². The van der Waals surface area contributed by atoms with Gasteiger partial charge in [-0.1, -0.05) is 11.6 Å². The average Bonchev–Trinajstić information content (AvgIpc) is 2.99. The molecule has 0 amide bonds. The minimum absolute atomic E-state index is 0.282. The molecule has 0 aliphatic heterocycles. The van der Waals surface area contributed by atoms with Crippen molar-refractivity contribution in [2.24, 2.45) is 0 Å². The molecule has 6 heteroatoms. The maximum absolute atomic E-state index is 13.3. The monoisotopic (exact) mass is 338 g/mol. The number of pyridine rings is 2. The zero-order valence-electron chi connectivity index (χ0n) is 12.7. The van der Waals surface area contributed by atoms with Crippen molar-refractivity contribution in [3.63, 3.8) is 0 Å². The predicted molar refractivity (Wildman–Crippen MR) is 91.8 cm³/mol. The molecule has 3 aromatic heterocycles. The molecule has 0 saturated heterocycles. The molecule has 118 valence electrons. The number of aromatic nitrogens is 4. The van der Waals surface area contributed by atoms with Crippen molar-refractivity contribution in [1.82, 2.24) is 19.7 Å². The lowest BCUT2D eigenvalue weighted by molar-refractivity contribution is 0.627. The molecule has 4 nitrogen and oxygen atoms in total. The van der Waals surface area contributed by atoms with E-state index in [0.717, 1.165) is 22.1 Å². The average molecular weight is 339 g/mol. The molecule has 0 saturated carbocycles. The zero-order chi connectivity index (χ0) is 16.7. The predicted octanol–water partition coefficient (Wildman–Crippen LogP) is 4.58. The summed E-state index contributed by atoms with van der Waals surface area (Å²) in [5, 5.41) is 5.56. The summed E-state index contributed by atoms with van der Waals surface area (Å²) in [6.45, 7) is 2.03. The van der Waals surface area contributed by atoms with Crippen molar-refractivity contribution in [2.75, 3.05) is 0 Å². The normalized spacial score (nSPS) is 11.1. The van der Waals surface area contributed by atoms with Gasteiger partial charge in [0, 0.05) is 29.5 Å². The molecule has 0 aliphatic rings. The molecule has 4 rings (SSSR count). The highest BCUT2D eigenvalue weighted by Gasteiger charge is 2.14. The van der Waals surface area contributed by atoms with Crippen LogP contribution in [0.25, 0.3) is 27.8 Å². The van der Waals surface area contributed by atoms with Gasteiger partial charge in [0.2, 0.25) is 0 Å². The summed E-state index contributed by atoms with van der Waals surface area (Å²) in [5.74, 6) is -0.389. The third-order valence-electron chi connectivity index (χ3n) is 3.94. The van der Waals surface area contributed by atoms with Crippen LogP contribution in [0.5, 0.6) is 0 Å². The van der Waals surface area contributed by atoms with E-state index >= 15 is 0 Å². The number of benzene rings is 1. The van der Waals surface area contributed by atoms with Crippen molar-refractivity contribution in [3.05, 3.63) is 71.5 Å². The van der Waals surface area contributed by atoms with Crippen LogP contribution in [-0.2, 0) is 0 Å². The lowest BCUT2D eigenvalue weighted by Gasteiger charge is -2.08. The highest BCUT2D eigenvalue weighted by atomic mass is 35.5. The first-order valence-corrected chi connectivity index (χ1v) is 7.72. The molecule has 0 N–H and O–H groups in total. The highest BCUT2D eigenvalue weighted by Crippen LogP contribution is 2.31. The fraction of sp³-hybridized carbons (Fsp3) is 0.0556. The largest absolute Gasteiger partial charge is 0.264 e. The van der Waals surface area contributed by atoms with Crippen molar-refractivity contribution in [1.29, 1.82) is 0 Å². The molecule has 3 heterocycles. The van der Waals surface area contributed by atoms with E-state index in [0.29, 0.717) is 11.3 Å². The van der Waals surface area contributed by atoms with Crippen LogP contribution in [0.15, 0.2) is 55.1 Å². The van der Waals surface area contributed by atoms with E-state index in [2.05, 4.69) is 15.1 Å². The van der Waals surface area contributed by atoms with Crippen LogP contribution >= 0.6 is 11.6 Å². The fourth-order valence-electron chi connectivity index (χ4n) is 2.74. The number of hydrogen-bond donors (Lipinski definition) is 0. The van der Waals surface area contributed by atoms with E-state index in [1.807, 2.05) is 25.3 Å². The Morgan fingerprint density at radius 1 is 1.04 bits per heavy atom. The molecule has 0 fully saturated rings. The number of nitrogens with zero attached hydrogens (tertiary/aromatic N) is 4. The van der Waals surface area contributed by atoms with Crippen LogP contribution in [0, 0.1) is 12.7 Å². The standard InChI is InChI=1S/C18H12ClFN4/c1-11-4-6-21-9-14(11)13-5-7-22-18-15(13)10-23-24(18)17-3-2-12(20)8-16(17)19/h2-10H,1H3. The maximum atomic E-state index is 13.3. The van der Waals surface area contributed by atoms with Crippen molar-refractivity contribution >= 4 is 22.6 Å². The molecule has 0 atom stereocenters. The van der Waals surface area contributed by atoms with Gasteiger partial charge in [-0.15, -0.1) is 0 Å². The van der Waals surface area contributed by atoms with Gasteiger partial charge in [-0.3, -0.25) is 4.98 Å². The Labute approximate surface area is 142 Å². The van der Waals surface area contributed by atoms with Gasteiger partial charge in [-0.2, -0.15) is 5.10 Å². The van der Waals surface area contributed by atoms with Gasteiger partial charge >= 0.3 is 0 Å². The summed E-state index contributed by atoms with van der Waals surface area (Å²) in [4.78, 5) is 8.63. The van der Waals surface area contributed by atoms with E-state index < -0.39 is 0 Å². The first kappa shape index (κ1) is 14.8. The molecule has 0 spiro atoms. The number of aryl methyl sites for hydroxylation is 1. The third-order valence-corrected chi connectivity index (χ3v) is 4.24. The Balaban J connectivity index is 1.96. The van der Waals surface area contributed by atoms with E-state index in [1.165, 1.54) is 12.1 Å².